The predicted molar refractivity (Wildman–Crippen MR) is 62.6 cm³/mol. The Kier molecular flexibility index (Phi) is 3.07. The van der Waals surface area contributed by atoms with Gasteiger partial charge in [-0.3, -0.25) is 4.79 Å². The van der Waals surface area contributed by atoms with Gasteiger partial charge in [0.25, 0.3) is 5.91 Å². The molecule has 1 unspecified atom stereocenters. The van der Waals surface area contributed by atoms with Gasteiger partial charge in [-0.1, -0.05) is 0 Å². The summed E-state index contributed by atoms with van der Waals surface area (Å²) in [4.78, 5) is 13.3. The largest absolute Gasteiger partial charge is 0.497 e. The van der Waals surface area contributed by atoms with E-state index in [4.69, 9.17) is 16.3 Å². The van der Waals surface area contributed by atoms with Crippen molar-refractivity contribution in [2.24, 2.45) is 0 Å². The monoisotopic (exact) mass is 243 g/mol. The topological polar surface area (TPSA) is 29.5 Å². The van der Waals surface area contributed by atoms with E-state index in [1.54, 1.807) is 12.0 Å². The number of alkyl halides is 1. The average molecular weight is 244 g/mol. The highest BCUT2D eigenvalue weighted by molar-refractivity contribution is 8.02. The Morgan fingerprint density at radius 2 is 2.13 bits per heavy atom. The lowest BCUT2D eigenvalue weighted by Crippen LogP contribution is -2.27. The van der Waals surface area contributed by atoms with Crippen molar-refractivity contribution in [1.29, 1.82) is 0 Å². The van der Waals surface area contributed by atoms with Gasteiger partial charge in [0.1, 0.15) is 5.75 Å². The highest BCUT2D eigenvalue weighted by Gasteiger charge is 2.31. The lowest BCUT2D eigenvalue weighted by Gasteiger charge is -2.14. The minimum absolute atomic E-state index is 0.0492. The van der Waals surface area contributed by atoms with Gasteiger partial charge in [-0.2, -0.15) is 0 Å². The van der Waals surface area contributed by atoms with E-state index in [1.165, 1.54) is 11.8 Å². The zero-order valence-corrected chi connectivity index (χ0v) is 9.72. The molecule has 1 amide bonds. The minimum atomic E-state index is -0.452. The molecule has 5 heteroatoms. The normalized spacial score (nSPS) is 20.8. The number of thioether (sulfide) groups is 1. The number of methoxy groups -OCH3 is 1. The smallest absolute Gasteiger partial charge is 0.256 e. The lowest BCUT2D eigenvalue weighted by molar-refractivity contribution is -0.116. The van der Waals surface area contributed by atoms with Gasteiger partial charge in [0.05, 0.1) is 13.0 Å². The molecule has 2 rings (SSSR count). The molecule has 1 aromatic carbocycles. The molecule has 1 aliphatic rings. The van der Waals surface area contributed by atoms with Gasteiger partial charge < -0.3 is 9.64 Å². The van der Waals surface area contributed by atoms with E-state index in [-0.39, 0.29) is 5.91 Å². The second-order valence-electron chi connectivity index (χ2n) is 3.08. The zero-order chi connectivity index (χ0) is 10.8. The summed E-state index contributed by atoms with van der Waals surface area (Å²) in [5.74, 6) is 1.34. The molecule has 1 aliphatic heterocycles. The summed E-state index contributed by atoms with van der Waals surface area (Å²) in [6.45, 7) is 0. The molecule has 0 N–H and O–H groups in total. The summed E-state index contributed by atoms with van der Waals surface area (Å²) in [7, 11) is 1.61. The number of ether oxygens (including phenoxy) is 1. The maximum atomic E-state index is 11.6. The molecule has 15 heavy (non-hydrogen) atoms. The summed E-state index contributed by atoms with van der Waals surface area (Å²) >= 11 is 7.24. The van der Waals surface area contributed by atoms with E-state index >= 15 is 0 Å². The van der Waals surface area contributed by atoms with E-state index in [1.807, 2.05) is 24.3 Å². The van der Waals surface area contributed by atoms with Crippen LogP contribution in [0.1, 0.15) is 0 Å². The van der Waals surface area contributed by atoms with Gasteiger partial charge in [0, 0.05) is 5.69 Å². The molecule has 1 saturated heterocycles. The van der Waals surface area contributed by atoms with E-state index < -0.39 is 4.71 Å². The van der Waals surface area contributed by atoms with Crippen LogP contribution in [0.2, 0.25) is 0 Å². The zero-order valence-electron chi connectivity index (χ0n) is 8.14. The molecule has 3 nitrogen and oxygen atoms in total. The Bertz CT molecular complexity index is 368. The number of carbonyl (C=O) groups excluding carboxylic acids is 1. The number of carbonyl (C=O) groups is 1. The quantitative estimate of drug-likeness (QED) is 0.747. The first-order chi connectivity index (χ1) is 7.22. The molecule has 0 saturated carbocycles. The number of halogens is 1. The maximum absolute atomic E-state index is 11.6. The molecule has 0 radical (unpaired) electrons. The first-order valence-corrected chi connectivity index (χ1v) is 5.92. The highest BCUT2D eigenvalue weighted by Crippen LogP contribution is 2.31. The number of nitrogens with zero attached hydrogens (tertiary/aromatic N) is 1. The standard InChI is InChI=1S/C10H10ClNO2S/c1-14-8-4-2-7(3-5-8)12-6-15-9(11)10(12)13/h2-5,9H,6H2,1H3. The Hall–Kier alpha value is -0.870. The van der Waals surface area contributed by atoms with Crippen LogP contribution in [0, 0.1) is 0 Å². The second kappa shape index (κ2) is 4.33. The molecular formula is C10H10ClNO2S. The van der Waals surface area contributed by atoms with Crippen molar-refractivity contribution >= 4 is 35.0 Å². The van der Waals surface area contributed by atoms with Gasteiger partial charge in [-0.25, -0.2) is 0 Å². The number of anilines is 1. The molecule has 80 valence electrons. The first-order valence-electron chi connectivity index (χ1n) is 4.43. The van der Waals surface area contributed by atoms with E-state index in [2.05, 4.69) is 0 Å². The third-order valence-electron chi connectivity index (χ3n) is 2.19. The number of amides is 1. The van der Waals surface area contributed by atoms with Crippen LogP contribution in [0.4, 0.5) is 5.69 Å². The highest BCUT2D eigenvalue weighted by atomic mass is 35.5. The number of hydrogen-bond acceptors (Lipinski definition) is 3. The fourth-order valence-electron chi connectivity index (χ4n) is 1.36. The summed E-state index contributed by atoms with van der Waals surface area (Å²) in [6, 6.07) is 7.36. The Labute approximate surface area is 97.3 Å². The van der Waals surface area contributed by atoms with Gasteiger partial charge in [0.2, 0.25) is 0 Å². The third-order valence-corrected chi connectivity index (χ3v) is 3.66. The summed E-state index contributed by atoms with van der Waals surface area (Å²) in [5, 5.41) is 0. The molecule has 1 atom stereocenters. The number of benzene rings is 1. The molecule has 0 spiro atoms. The van der Waals surface area contributed by atoms with Crippen LogP contribution in [0.25, 0.3) is 0 Å². The molecule has 0 bridgehead atoms. The summed E-state index contributed by atoms with van der Waals surface area (Å²) in [6.07, 6.45) is 0. The van der Waals surface area contributed by atoms with Gasteiger partial charge >= 0.3 is 0 Å². The molecule has 1 fully saturated rings. The minimum Gasteiger partial charge on any atom is -0.497 e. The van der Waals surface area contributed by atoms with Crippen molar-refractivity contribution < 1.29 is 9.53 Å². The Balaban J connectivity index is 2.19. The summed E-state index contributed by atoms with van der Waals surface area (Å²) in [5.41, 5.74) is 0.858. The van der Waals surface area contributed by atoms with Crippen molar-refractivity contribution in [3.05, 3.63) is 24.3 Å². The molecule has 0 aromatic heterocycles. The van der Waals surface area contributed by atoms with Crippen molar-refractivity contribution in [2.45, 2.75) is 4.71 Å². The lowest BCUT2D eigenvalue weighted by atomic mass is 10.3. The van der Waals surface area contributed by atoms with E-state index in [0.717, 1.165) is 11.4 Å². The fourth-order valence-corrected chi connectivity index (χ4v) is 2.47. The van der Waals surface area contributed by atoms with Crippen LogP contribution < -0.4 is 9.64 Å². The SMILES string of the molecule is COc1ccc(N2CSC(Cl)C2=O)cc1. The average Bonchev–Trinajstić information content (AvgIpc) is 2.60. The predicted octanol–water partition coefficient (Wildman–Crippen LogP) is 2.30. The van der Waals surface area contributed by atoms with E-state index in [9.17, 15) is 4.79 Å². The number of hydrogen-bond donors (Lipinski definition) is 0. The van der Waals surface area contributed by atoms with Gasteiger partial charge in [-0.05, 0) is 24.3 Å². The molecule has 1 heterocycles. The third kappa shape index (κ3) is 2.06. The molecule has 1 aromatic rings. The molecule has 0 aliphatic carbocycles. The van der Waals surface area contributed by atoms with Crippen LogP contribution in [0.3, 0.4) is 0 Å². The first kappa shape index (κ1) is 10.6. The van der Waals surface area contributed by atoms with Gasteiger partial charge in [0.15, 0.2) is 4.71 Å². The Morgan fingerprint density at radius 3 is 2.60 bits per heavy atom. The van der Waals surface area contributed by atoms with Crippen molar-refractivity contribution in [2.75, 3.05) is 17.9 Å². The van der Waals surface area contributed by atoms with Crippen LogP contribution in [0.5, 0.6) is 5.75 Å². The number of rotatable bonds is 2. The van der Waals surface area contributed by atoms with E-state index in [0.29, 0.717) is 5.88 Å². The van der Waals surface area contributed by atoms with Gasteiger partial charge in [-0.15, -0.1) is 23.4 Å². The van der Waals surface area contributed by atoms with Crippen LogP contribution in [0.15, 0.2) is 24.3 Å². The summed E-state index contributed by atoms with van der Waals surface area (Å²) < 4.78 is 4.59. The molecular weight excluding hydrogens is 234 g/mol. The van der Waals surface area contributed by atoms with Crippen LogP contribution >= 0.6 is 23.4 Å². The van der Waals surface area contributed by atoms with Crippen molar-refractivity contribution in [1.82, 2.24) is 0 Å². The van der Waals surface area contributed by atoms with Crippen molar-refractivity contribution in [3.63, 3.8) is 0 Å². The fraction of sp³-hybridized carbons (Fsp3) is 0.300. The maximum Gasteiger partial charge on any atom is 0.256 e. The van der Waals surface area contributed by atoms with Crippen LogP contribution in [-0.4, -0.2) is 23.6 Å². The van der Waals surface area contributed by atoms with Crippen LogP contribution in [-0.2, 0) is 4.79 Å². The Morgan fingerprint density at radius 1 is 1.47 bits per heavy atom. The second-order valence-corrected chi connectivity index (χ2v) is 4.83. The van der Waals surface area contributed by atoms with Crippen molar-refractivity contribution in [3.8, 4) is 5.75 Å².